The Morgan fingerprint density at radius 2 is 1.79 bits per heavy atom. The third-order valence-electron chi connectivity index (χ3n) is 3.82. The van der Waals surface area contributed by atoms with E-state index < -0.39 is 0 Å². The van der Waals surface area contributed by atoms with Gasteiger partial charge in [0, 0.05) is 23.1 Å². The largest absolute Gasteiger partial charge is 0.496 e. The molecule has 0 saturated heterocycles. The smallest absolute Gasteiger partial charge is 0.167 e. The van der Waals surface area contributed by atoms with Gasteiger partial charge in [-0.1, -0.05) is 36.4 Å². The van der Waals surface area contributed by atoms with E-state index in [4.69, 9.17) is 4.74 Å². The molecule has 3 aliphatic carbocycles. The molecule has 0 aromatic heterocycles. The Morgan fingerprint density at radius 3 is 2.63 bits per heavy atom. The van der Waals surface area contributed by atoms with Gasteiger partial charge in [-0.3, -0.25) is 4.79 Å². The van der Waals surface area contributed by atoms with E-state index in [-0.39, 0.29) is 5.78 Å². The van der Waals surface area contributed by atoms with Crippen LogP contribution in [0.15, 0.2) is 54.3 Å². The third-order valence-corrected chi connectivity index (χ3v) is 3.82. The van der Waals surface area contributed by atoms with Crippen molar-refractivity contribution in [1.82, 2.24) is 0 Å². The van der Waals surface area contributed by atoms with Crippen molar-refractivity contribution in [2.45, 2.75) is 6.42 Å². The van der Waals surface area contributed by atoms with Crippen LogP contribution in [0.5, 0.6) is 0 Å². The number of fused-ring (bicyclic) bond motifs is 5. The molecule has 0 unspecified atom stereocenters. The van der Waals surface area contributed by atoms with Crippen LogP contribution >= 0.6 is 0 Å². The highest BCUT2D eigenvalue weighted by atomic mass is 16.5. The first-order chi connectivity index (χ1) is 9.34. The summed E-state index contributed by atoms with van der Waals surface area (Å²) in [6, 6.07) is 12.1. The number of hydrogen-bond donors (Lipinski definition) is 0. The topological polar surface area (TPSA) is 26.3 Å². The molecule has 0 aromatic rings. The predicted molar refractivity (Wildman–Crippen MR) is 74.0 cm³/mol. The highest BCUT2D eigenvalue weighted by Crippen LogP contribution is 2.42. The van der Waals surface area contributed by atoms with Gasteiger partial charge < -0.3 is 4.74 Å². The second-order valence-electron chi connectivity index (χ2n) is 4.90. The summed E-state index contributed by atoms with van der Waals surface area (Å²) >= 11 is 0. The van der Waals surface area contributed by atoms with Crippen LogP contribution in [0.3, 0.4) is 0 Å². The molecular formula is C17H12O2. The van der Waals surface area contributed by atoms with Crippen LogP contribution < -0.4 is 0 Å². The summed E-state index contributed by atoms with van der Waals surface area (Å²) in [5, 5.41) is 0. The molecule has 2 nitrogen and oxygen atoms in total. The number of ether oxygens (including phenoxy) is 1. The summed E-state index contributed by atoms with van der Waals surface area (Å²) in [5.74, 6) is 0.194. The van der Waals surface area contributed by atoms with Crippen molar-refractivity contribution in [3.63, 3.8) is 0 Å². The first-order valence-electron chi connectivity index (χ1n) is 6.41. The van der Waals surface area contributed by atoms with Crippen molar-refractivity contribution in [1.29, 1.82) is 0 Å². The zero-order chi connectivity index (χ0) is 12.8. The maximum atomic E-state index is 12.3. The molecular weight excluding hydrogens is 236 g/mol. The van der Waals surface area contributed by atoms with E-state index in [1.165, 1.54) is 0 Å². The van der Waals surface area contributed by atoms with E-state index in [0.29, 0.717) is 13.0 Å². The fraction of sp³-hybridized carbons (Fsp3) is 0.118. The molecule has 0 radical (unpaired) electrons. The Morgan fingerprint density at radius 1 is 1.00 bits per heavy atom. The minimum absolute atomic E-state index is 0.194. The molecule has 4 aliphatic rings. The maximum absolute atomic E-state index is 12.3. The van der Waals surface area contributed by atoms with Gasteiger partial charge in [0.1, 0.15) is 6.61 Å². The summed E-state index contributed by atoms with van der Waals surface area (Å²) in [5.41, 5.74) is 6.26. The van der Waals surface area contributed by atoms with Crippen LogP contribution in [-0.2, 0) is 4.74 Å². The van der Waals surface area contributed by atoms with Crippen LogP contribution in [-0.4, -0.2) is 12.4 Å². The van der Waals surface area contributed by atoms with Crippen molar-refractivity contribution < 1.29 is 9.53 Å². The number of rotatable bonds is 0. The number of carbonyl (C=O) groups is 1. The monoisotopic (exact) mass is 248 g/mol. The summed E-state index contributed by atoms with van der Waals surface area (Å²) in [6.07, 6.45) is 4.29. The summed E-state index contributed by atoms with van der Waals surface area (Å²) < 4.78 is 5.44. The lowest BCUT2D eigenvalue weighted by Gasteiger charge is -2.24. The van der Waals surface area contributed by atoms with Crippen molar-refractivity contribution in [2.75, 3.05) is 6.61 Å². The molecule has 19 heavy (non-hydrogen) atoms. The third kappa shape index (κ3) is 1.46. The molecule has 0 saturated carbocycles. The average Bonchev–Trinajstić information content (AvgIpc) is 2.80. The Bertz CT molecular complexity index is 722. The molecule has 0 atom stereocenters. The summed E-state index contributed by atoms with van der Waals surface area (Å²) in [7, 11) is 0. The number of carbonyl (C=O) groups excluding carboxylic acids is 1. The highest BCUT2D eigenvalue weighted by molar-refractivity contribution is 6.11. The lowest BCUT2D eigenvalue weighted by Crippen LogP contribution is -2.15. The lowest BCUT2D eigenvalue weighted by atomic mass is 9.81. The second-order valence-corrected chi connectivity index (χ2v) is 4.90. The molecule has 2 heteroatoms. The maximum Gasteiger partial charge on any atom is 0.167 e. The van der Waals surface area contributed by atoms with Crippen molar-refractivity contribution in [3.8, 4) is 11.1 Å². The Labute approximate surface area is 111 Å². The molecule has 1 aliphatic heterocycles. The Kier molecular flexibility index (Phi) is 2.12. The first-order valence-corrected chi connectivity index (χ1v) is 6.41. The standard InChI is InChI=1S/C17H12O2/c18-16-9-12-7-8-19-10-15(12)17-13-5-1-3-11(13)4-2-6-14(16)17/h1-7,10H,8-9H2. The minimum atomic E-state index is 0.194. The van der Waals surface area contributed by atoms with Gasteiger partial charge in [-0.05, 0) is 22.8 Å². The van der Waals surface area contributed by atoms with E-state index in [0.717, 1.165) is 33.4 Å². The van der Waals surface area contributed by atoms with Crippen molar-refractivity contribution in [2.24, 2.45) is 0 Å². The van der Waals surface area contributed by atoms with Gasteiger partial charge >= 0.3 is 0 Å². The minimum Gasteiger partial charge on any atom is -0.496 e. The zero-order valence-corrected chi connectivity index (χ0v) is 10.3. The SMILES string of the molecule is O=C1CC2=CCOC=C2c2c1cccc1cccc2-1. The van der Waals surface area contributed by atoms with E-state index in [1.54, 1.807) is 6.26 Å². The highest BCUT2D eigenvalue weighted by Gasteiger charge is 2.28. The van der Waals surface area contributed by atoms with Crippen LogP contribution in [0.25, 0.3) is 16.7 Å². The van der Waals surface area contributed by atoms with E-state index in [2.05, 4.69) is 18.2 Å². The quantitative estimate of drug-likeness (QED) is 0.711. The molecule has 0 amide bonds. The van der Waals surface area contributed by atoms with E-state index in [1.807, 2.05) is 24.3 Å². The molecule has 4 rings (SSSR count). The fourth-order valence-corrected chi connectivity index (χ4v) is 2.93. The Hall–Kier alpha value is -2.35. The van der Waals surface area contributed by atoms with Crippen LogP contribution in [0.4, 0.5) is 0 Å². The van der Waals surface area contributed by atoms with Crippen LogP contribution in [0, 0.1) is 0 Å². The van der Waals surface area contributed by atoms with Crippen molar-refractivity contribution >= 4 is 11.4 Å². The Balaban J connectivity index is 2.10. The van der Waals surface area contributed by atoms with E-state index >= 15 is 0 Å². The summed E-state index contributed by atoms with van der Waals surface area (Å²) in [4.78, 5) is 12.3. The van der Waals surface area contributed by atoms with Gasteiger partial charge in [0.2, 0.25) is 0 Å². The van der Waals surface area contributed by atoms with Crippen LogP contribution in [0.1, 0.15) is 22.3 Å². The van der Waals surface area contributed by atoms with Crippen LogP contribution in [0.2, 0.25) is 0 Å². The molecule has 1 heterocycles. The summed E-state index contributed by atoms with van der Waals surface area (Å²) in [6.45, 7) is 0.560. The van der Waals surface area contributed by atoms with E-state index in [9.17, 15) is 4.79 Å². The normalized spacial score (nSPS) is 17.2. The zero-order valence-electron chi connectivity index (χ0n) is 10.3. The molecule has 0 spiro atoms. The first kappa shape index (κ1) is 10.6. The predicted octanol–water partition coefficient (Wildman–Crippen LogP) is 3.68. The van der Waals surface area contributed by atoms with Gasteiger partial charge in [0.05, 0.1) is 6.26 Å². The van der Waals surface area contributed by atoms with Gasteiger partial charge in [0.25, 0.3) is 0 Å². The molecule has 0 bridgehead atoms. The molecule has 92 valence electrons. The molecule has 0 aromatic carbocycles. The molecule has 0 N–H and O–H groups in total. The molecule has 0 fully saturated rings. The fourth-order valence-electron chi connectivity index (χ4n) is 2.93. The van der Waals surface area contributed by atoms with Gasteiger partial charge in [-0.15, -0.1) is 0 Å². The number of hydrogen-bond acceptors (Lipinski definition) is 2. The number of ketones is 1. The van der Waals surface area contributed by atoms with Gasteiger partial charge in [-0.2, -0.15) is 0 Å². The lowest BCUT2D eigenvalue weighted by molar-refractivity contribution is 0.0991. The van der Waals surface area contributed by atoms with Gasteiger partial charge in [-0.25, -0.2) is 0 Å². The van der Waals surface area contributed by atoms with Gasteiger partial charge in [0.15, 0.2) is 5.78 Å². The average molecular weight is 248 g/mol. The number of Topliss-reactive ketones (excluding diaryl/α,β-unsaturated/α-hetero) is 1. The second kappa shape index (κ2) is 3.82. The van der Waals surface area contributed by atoms with Crippen molar-refractivity contribution in [3.05, 3.63) is 65.4 Å². The number of allylic oxidation sites excluding steroid dienone is 2.